The maximum absolute atomic E-state index is 13.8. The molecule has 0 bridgehead atoms. The normalized spacial score (nSPS) is 11.6. The Kier molecular flexibility index (Phi) is 9.85. The fourth-order valence-electron chi connectivity index (χ4n) is 6.32. The minimum atomic E-state index is -1.94. The van der Waals surface area contributed by atoms with Crippen molar-refractivity contribution in [1.29, 1.82) is 0 Å². The lowest BCUT2D eigenvalue weighted by Gasteiger charge is -2.38. The van der Waals surface area contributed by atoms with Gasteiger partial charge in [0.15, 0.2) is 0 Å². The number of methoxy groups -OCH3 is 2. The highest BCUT2D eigenvalue weighted by atomic mass is 28.3. The molecule has 0 radical (unpaired) electrons. The summed E-state index contributed by atoms with van der Waals surface area (Å²) < 4.78 is 10.7. The Morgan fingerprint density at radius 3 is 1.71 bits per heavy atom. The summed E-state index contributed by atoms with van der Waals surface area (Å²) in [5.74, 6) is 5.91. The molecule has 6 heteroatoms. The number of rotatable bonds is 10. The molecule has 220 valence electrons. The first kappa shape index (κ1) is 31.0. The van der Waals surface area contributed by atoms with Crippen molar-refractivity contribution in [2.45, 2.75) is 71.3 Å². The Morgan fingerprint density at radius 2 is 1.26 bits per heavy atom. The fourth-order valence-corrected chi connectivity index (χ4v) is 11.5. The number of ether oxygens (including phenoxy) is 2. The van der Waals surface area contributed by atoms with E-state index in [-0.39, 0.29) is 5.56 Å². The van der Waals surface area contributed by atoms with Crippen LogP contribution in [0.3, 0.4) is 0 Å². The molecule has 5 nitrogen and oxygen atoms in total. The van der Waals surface area contributed by atoms with Gasteiger partial charge in [-0.05, 0) is 69.5 Å². The second-order valence-corrected chi connectivity index (χ2v) is 17.5. The highest BCUT2D eigenvalue weighted by Gasteiger charge is 2.41. The molecule has 0 unspecified atom stereocenters. The van der Waals surface area contributed by atoms with Gasteiger partial charge in [-0.15, -0.1) is 5.54 Å². The Labute approximate surface area is 251 Å². The van der Waals surface area contributed by atoms with Gasteiger partial charge in [-0.25, -0.2) is 0 Å². The number of anilines is 1. The number of pyridine rings is 1. The largest absolute Gasteiger partial charge is 0.497 e. The molecule has 3 aromatic carbocycles. The van der Waals surface area contributed by atoms with Crippen molar-refractivity contribution in [3.63, 3.8) is 0 Å². The first-order valence-corrected chi connectivity index (χ1v) is 17.0. The number of H-pyrrole nitrogens is 1. The SMILES string of the molecule is COc1ccc(CN(Cc2ccc(OC)cc2)c2cc3cccc(C#C[Si](C(C)C)(C(C)C)C(C)C)c3c(=O)[nH]2)cc1. The van der Waals surface area contributed by atoms with Crippen LogP contribution < -0.4 is 19.9 Å². The molecule has 0 aliphatic heterocycles. The number of benzene rings is 3. The summed E-state index contributed by atoms with van der Waals surface area (Å²) >= 11 is 0. The van der Waals surface area contributed by atoms with Gasteiger partial charge in [0.25, 0.3) is 5.56 Å². The number of hydrogen-bond acceptors (Lipinski definition) is 4. The minimum absolute atomic E-state index is 0.118. The zero-order valence-corrected chi connectivity index (χ0v) is 27.2. The summed E-state index contributed by atoms with van der Waals surface area (Å²) in [6.45, 7) is 15.1. The topological polar surface area (TPSA) is 54.6 Å². The van der Waals surface area contributed by atoms with Crippen molar-refractivity contribution < 1.29 is 9.47 Å². The van der Waals surface area contributed by atoms with Gasteiger partial charge in [-0.1, -0.05) is 83.9 Å². The van der Waals surface area contributed by atoms with Gasteiger partial charge in [-0.3, -0.25) is 4.79 Å². The molecule has 0 fully saturated rings. The van der Waals surface area contributed by atoms with Crippen LogP contribution in [-0.4, -0.2) is 27.3 Å². The van der Waals surface area contributed by atoms with Crippen LogP contribution in [0.25, 0.3) is 10.8 Å². The average Bonchev–Trinajstić information content (AvgIpc) is 2.97. The molecule has 0 spiro atoms. The van der Waals surface area contributed by atoms with Crippen LogP contribution in [0.4, 0.5) is 5.82 Å². The standard InChI is InChI=1S/C36H44N2O3Si/c1-25(2)42(26(3)4,27(5)6)21-20-30-10-9-11-31-22-34(37-36(39)35(30)31)38(23-28-12-16-32(40-7)17-13-28)24-29-14-18-33(41-8)19-15-29/h9-19,22,25-27H,23-24H2,1-8H3,(H,37,39). The molecular formula is C36H44N2O3Si. The molecule has 0 aliphatic carbocycles. The van der Waals surface area contributed by atoms with Crippen molar-refractivity contribution >= 4 is 24.7 Å². The molecule has 4 rings (SSSR count). The molecule has 1 heterocycles. The molecule has 0 saturated carbocycles. The Morgan fingerprint density at radius 1 is 0.762 bits per heavy atom. The van der Waals surface area contributed by atoms with E-state index in [4.69, 9.17) is 9.47 Å². The molecule has 1 aromatic heterocycles. The van der Waals surface area contributed by atoms with Gasteiger partial charge in [0.1, 0.15) is 25.4 Å². The fraction of sp³-hybridized carbons (Fsp3) is 0.361. The van der Waals surface area contributed by atoms with Crippen molar-refractivity contribution in [1.82, 2.24) is 4.98 Å². The summed E-state index contributed by atoms with van der Waals surface area (Å²) in [7, 11) is 1.39. The van der Waals surface area contributed by atoms with E-state index >= 15 is 0 Å². The van der Waals surface area contributed by atoms with Crippen LogP contribution in [0.2, 0.25) is 16.6 Å². The van der Waals surface area contributed by atoms with Crippen molar-refractivity contribution in [3.05, 3.63) is 99.8 Å². The average molecular weight is 581 g/mol. The van der Waals surface area contributed by atoms with Gasteiger partial charge < -0.3 is 19.4 Å². The minimum Gasteiger partial charge on any atom is -0.497 e. The lowest BCUT2D eigenvalue weighted by molar-refractivity contribution is 0.414. The van der Waals surface area contributed by atoms with Crippen molar-refractivity contribution in [2.75, 3.05) is 19.1 Å². The summed E-state index contributed by atoms with van der Waals surface area (Å²) in [6.07, 6.45) is 0. The van der Waals surface area contributed by atoms with E-state index in [1.807, 2.05) is 42.5 Å². The number of aromatic nitrogens is 1. The highest BCUT2D eigenvalue weighted by molar-refractivity contribution is 6.90. The monoisotopic (exact) mass is 580 g/mol. The number of hydrogen-bond donors (Lipinski definition) is 1. The van der Waals surface area contributed by atoms with Crippen LogP contribution in [0, 0.1) is 11.5 Å². The lowest BCUT2D eigenvalue weighted by atomic mass is 10.1. The zero-order valence-electron chi connectivity index (χ0n) is 26.2. The number of aromatic amines is 1. The van der Waals surface area contributed by atoms with Crippen LogP contribution in [0.5, 0.6) is 11.5 Å². The third-order valence-electron chi connectivity index (χ3n) is 8.54. The second-order valence-electron chi connectivity index (χ2n) is 12.0. The van der Waals surface area contributed by atoms with Crippen LogP contribution >= 0.6 is 0 Å². The first-order valence-electron chi connectivity index (χ1n) is 14.8. The van der Waals surface area contributed by atoms with E-state index < -0.39 is 8.07 Å². The van der Waals surface area contributed by atoms with Gasteiger partial charge >= 0.3 is 0 Å². The third kappa shape index (κ3) is 6.58. The molecular weight excluding hydrogens is 536 g/mol. The van der Waals surface area contributed by atoms with E-state index in [1.54, 1.807) is 14.2 Å². The summed E-state index contributed by atoms with van der Waals surface area (Å²) in [5.41, 5.74) is 8.27. The van der Waals surface area contributed by atoms with Crippen molar-refractivity contribution in [2.24, 2.45) is 0 Å². The quantitative estimate of drug-likeness (QED) is 0.151. The summed E-state index contributed by atoms with van der Waals surface area (Å²) in [6, 6.07) is 24.2. The molecule has 0 atom stereocenters. The lowest BCUT2D eigenvalue weighted by Crippen LogP contribution is -2.43. The summed E-state index contributed by atoms with van der Waals surface area (Å²) in [5, 5.41) is 1.54. The molecule has 4 aromatic rings. The molecule has 0 saturated heterocycles. The van der Waals surface area contributed by atoms with Crippen LogP contribution in [0.1, 0.15) is 58.2 Å². The van der Waals surface area contributed by atoms with Crippen LogP contribution in [0.15, 0.2) is 77.6 Å². The zero-order chi connectivity index (χ0) is 30.4. The van der Waals surface area contributed by atoms with Crippen LogP contribution in [-0.2, 0) is 13.1 Å². The van der Waals surface area contributed by atoms with E-state index in [2.05, 4.69) is 93.2 Å². The van der Waals surface area contributed by atoms with E-state index in [9.17, 15) is 4.79 Å². The van der Waals surface area contributed by atoms with E-state index in [0.29, 0.717) is 35.1 Å². The predicted molar refractivity (Wildman–Crippen MR) is 178 cm³/mol. The van der Waals surface area contributed by atoms with Crippen molar-refractivity contribution in [3.8, 4) is 23.0 Å². The summed E-state index contributed by atoms with van der Waals surface area (Å²) in [4.78, 5) is 19.1. The first-order chi connectivity index (χ1) is 20.1. The number of nitrogens with zero attached hydrogens (tertiary/aromatic N) is 1. The third-order valence-corrected chi connectivity index (χ3v) is 14.8. The Balaban J connectivity index is 1.78. The molecule has 1 N–H and O–H groups in total. The number of fused-ring (bicyclic) bond motifs is 1. The van der Waals surface area contributed by atoms with Gasteiger partial charge in [0.2, 0.25) is 0 Å². The maximum Gasteiger partial charge on any atom is 0.258 e. The highest BCUT2D eigenvalue weighted by Crippen LogP contribution is 2.41. The van der Waals surface area contributed by atoms with Gasteiger partial charge in [0, 0.05) is 18.7 Å². The van der Waals surface area contributed by atoms with Gasteiger partial charge in [0.05, 0.1) is 19.6 Å². The maximum atomic E-state index is 13.8. The Hall–Kier alpha value is -3.95. The molecule has 0 amide bonds. The Bertz CT molecular complexity index is 1540. The van der Waals surface area contributed by atoms with Gasteiger partial charge in [-0.2, -0.15) is 0 Å². The number of nitrogens with one attached hydrogen (secondary N) is 1. The second kappa shape index (κ2) is 13.4. The smallest absolute Gasteiger partial charge is 0.258 e. The molecule has 42 heavy (non-hydrogen) atoms. The van der Waals surface area contributed by atoms with E-state index in [0.717, 1.165) is 39.4 Å². The van der Waals surface area contributed by atoms with E-state index in [1.165, 1.54) is 0 Å². The molecule has 0 aliphatic rings. The predicted octanol–water partition coefficient (Wildman–Crippen LogP) is 8.32.